The van der Waals surface area contributed by atoms with Gasteiger partial charge in [-0.1, -0.05) is 11.6 Å². The molecule has 0 spiro atoms. The average Bonchev–Trinajstić information content (AvgIpc) is 2.62. The van der Waals surface area contributed by atoms with Crippen LogP contribution < -0.4 is 0 Å². The molecule has 0 saturated carbocycles. The Balaban J connectivity index is 2.53. The number of halogens is 3. The molecule has 0 saturated heterocycles. The van der Waals surface area contributed by atoms with E-state index in [0.717, 1.165) is 12.1 Å². The third kappa shape index (κ3) is 2.16. The van der Waals surface area contributed by atoms with Gasteiger partial charge in [0.2, 0.25) is 0 Å². The lowest BCUT2D eigenvalue weighted by Crippen LogP contribution is -2.04. The third-order valence-corrected chi connectivity index (χ3v) is 2.85. The SMILES string of the molecule is Cc1cc(C(=O)c2cc(F)c(F)cc2Cl)c(C)o1. The molecule has 0 atom stereocenters. The van der Waals surface area contributed by atoms with Gasteiger partial charge in [0.15, 0.2) is 17.4 Å². The normalized spacial score (nSPS) is 10.7. The molecule has 0 radical (unpaired) electrons. The molecular formula is C13H9ClF2O2. The topological polar surface area (TPSA) is 30.2 Å². The van der Waals surface area contributed by atoms with Crippen molar-refractivity contribution in [2.24, 2.45) is 0 Å². The highest BCUT2D eigenvalue weighted by Gasteiger charge is 2.20. The van der Waals surface area contributed by atoms with Crippen LogP contribution in [0.25, 0.3) is 0 Å². The van der Waals surface area contributed by atoms with Gasteiger partial charge >= 0.3 is 0 Å². The van der Waals surface area contributed by atoms with Crippen LogP contribution in [-0.4, -0.2) is 5.78 Å². The van der Waals surface area contributed by atoms with Crippen LogP contribution in [0.4, 0.5) is 8.78 Å². The molecule has 2 rings (SSSR count). The van der Waals surface area contributed by atoms with Gasteiger partial charge in [-0.05, 0) is 32.0 Å². The second-order valence-electron chi connectivity index (χ2n) is 3.90. The predicted octanol–water partition coefficient (Wildman–Crippen LogP) is 4.06. The second-order valence-corrected chi connectivity index (χ2v) is 4.31. The van der Waals surface area contributed by atoms with Gasteiger partial charge < -0.3 is 4.42 Å². The van der Waals surface area contributed by atoms with Gasteiger partial charge in [0.1, 0.15) is 11.5 Å². The van der Waals surface area contributed by atoms with E-state index in [1.54, 1.807) is 13.8 Å². The van der Waals surface area contributed by atoms with Crippen LogP contribution in [0, 0.1) is 25.5 Å². The number of benzene rings is 1. The minimum Gasteiger partial charge on any atom is -0.466 e. The van der Waals surface area contributed by atoms with Crippen LogP contribution in [0.1, 0.15) is 27.4 Å². The minimum absolute atomic E-state index is 0.0838. The van der Waals surface area contributed by atoms with Gasteiger partial charge in [0.05, 0.1) is 10.6 Å². The van der Waals surface area contributed by atoms with E-state index in [1.807, 2.05) is 0 Å². The lowest BCUT2D eigenvalue weighted by atomic mass is 10.0. The molecule has 18 heavy (non-hydrogen) atoms. The van der Waals surface area contributed by atoms with Gasteiger partial charge in [0.25, 0.3) is 0 Å². The molecule has 2 nitrogen and oxygen atoms in total. The summed E-state index contributed by atoms with van der Waals surface area (Å²) in [5.74, 6) is -1.71. The Labute approximate surface area is 107 Å². The van der Waals surface area contributed by atoms with Crippen LogP contribution in [0.3, 0.4) is 0 Å². The molecule has 0 amide bonds. The van der Waals surface area contributed by atoms with Gasteiger partial charge in [-0.25, -0.2) is 8.78 Å². The first-order valence-corrected chi connectivity index (χ1v) is 5.54. The zero-order valence-corrected chi connectivity index (χ0v) is 10.4. The van der Waals surface area contributed by atoms with Crippen molar-refractivity contribution in [1.82, 2.24) is 0 Å². The number of carbonyl (C=O) groups is 1. The maximum atomic E-state index is 13.1. The summed E-state index contributed by atoms with van der Waals surface area (Å²) in [5.41, 5.74) is 0.208. The molecule has 94 valence electrons. The van der Waals surface area contributed by atoms with Gasteiger partial charge in [-0.2, -0.15) is 0 Å². The van der Waals surface area contributed by atoms with Crippen LogP contribution in [0.2, 0.25) is 5.02 Å². The summed E-state index contributed by atoms with van der Waals surface area (Å²) >= 11 is 5.75. The summed E-state index contributed by atoms with van der Waals surface area (Å²) in [6, 6.07) is 3.11. The molecule has 0 aliphatic heterocycles. The summed E-state index contributed by atoms with van der Waals surface area (Å²) in [4.78, 5) is 12.1. The van der Waals surface area contributed by atoms with Crippen molar-refractivity contribution in [3.63, 3.8) is 0 Å². The summed E-state index contributed by atoms with van der Waals surface area (Å²) in [7, 11) is 0. The van der Waals surface area contributed by atoms with Gasteiger partial charge in [0, 0.05) is 5.56 Å². The molecule has 1 heterocycles. The Hall–Kier alpha value is -1.68. The van der Waals surface area contributed by atoms with Crippen molar-refractivity contribution in [2.45, 2.75) is 13.8 Å². The number of rotatable bonds is 2. The molecule has 0 N–H and O–H groups in total. The zero-order chi connectivity index (χ0) is 13.4. The number of furan rings is 1. The Morgan fingerprint density at radius 1 is 1.11 bits per heavy atom. The van der Waals surface area contributed by atoms with E-state index in [2.05, 4.69) is 0 Å². The first-order chi connectivity index (χ1) is 8.40. The molecule has 1 aromatic heterocycles. The van der Waals surface area contributed by atoms with E-state index in [-0.39, 0.29) is 10.6 Å². The Morgan fingerprint density at radius 3 is 2.28 bits per heavy atom. The Kier molecular flexibility index (Phi) is 3.22. The highest BCUT2D eigenvalue weighted by molar-refractivity contribution is 6.35. The largest absolute Gasteiger partial charge is 0.466 e. The first kappa shape index (κ1) is 12.8. The molecule has 1 aromatic carbocycles. The van der Waals surface area contributed by atoms with Crippen LogP contribution in [0.5, 0.6) is 0 Å². The van der Waals surface area contributed by atoms with E-state index >= 15 is 0 Å². The lowest BCUT2D eigenvalue weighted by Gasteiger charge is -2.03. The number of hydrogen-bond acceptors (Lipinski definition) is 2. The maximum absolute atomic E-state index is 13.1. The highest BCUT2D eigenvalue weighted by Crippen LogP contribution is 2.25. The average molecular weight is 271 g/mol. The monoisotopic (exact) mass is 270 g/mol. The molecule has 2 aromatic rings. The third-order valence-electron chi connectivity index (χ3n) is 2.54. The standard InChI is InChI=1S/C13H9ClF2O2/c1-6-3-8(7(2)18-6)13(17)9-4-11(15)12(16)5-10(9)14/h3-5H,1-2H3. The van der Waals surface area contributed by atoms with Crippen molar-refractivity contribution in [2.75, 3.05) is 0 Å². The van der Waals surface area contributed by atoms with Gasteiger partial charge in [-0.15, -0.1) is 0 Å². The highest BCUT2D eigenvalue weighted by atomic mass is 35.5. The predicted molar refractivity (Wildman–Crippen MR) is 63.0 cm³/mol. The molecule has 0 aliphatic rings. The van der Waals surface area contributed by atoms with E-state index in [9.17, 15) is 13.6 Å². The molecule has 0 unspecified atom stereocenters. The number of ketones is 1. The van der Waals surface area contributed by atoms with Crippen molar-refractivity contribution < 1.29 is 18.0 Å². The summed E-state index contributed by atoms with van der Waals surface area (Å²) in [5, 5.41) is -0.128. The molecule has 0 aliphatic carbocycles. The van der Waals surface area contributed by atoms with Gasteiger partial charge in [-0.3, -0.25) is 4.79 Å². The smallest absolute Gasteiger partial charge is 0.198 e. The van der Waals surface area contributed by atoms with E-state index in [1.165, 1.54) is 6.07 Å². The zero-order valence-electron chi connectivity index (χ0n) is 9.68. The minimum atomic E-state index is -1.11. The van der Waals surface area contributed by atoms with Crippen molar-refractivity contribution in [3.8, 4) is 0 Å². The van der Waals surface area contributed by atoms with Crippen molar-refractivity contribution >= 4 is 17.4 Å². The maximum Gasteiger partial charge on any atom is 0.198 e. The molecule has 0 fully saturated rings. The lowest BCUT2D eigenvalue weighted by molar-refractivity contribution is 0.103. The summed E-state index contributed by atoms with van der Waals surface area (Å²) in [6.07, 6.45) is 0. The van der Waals surface area contributed by atoms with Crippen LogP contribution in [0.15, 0.2) is 22.6 Å². The number of aryl methyl sites for hydroxylation is 2. The first-order valence-electron chi connectivity index (χ1n) is 5.16. The number of hydrogen-bond donors (Lipinski definition) is 0. The summed E-state index contributed by atoms with van der Waals surface area (Å²) < 4.78 is 31.3. The molecule has 0 bridgehead atoms. The van der Waals surface area contributed by atoms with Crippen molar-refractivity contribution in [3.05, 3.63) is 57.5 Å². The fraction of sp³-hybridized carbons (Fsp3) is 0.154. The quantitative estimate of drug-likeness (QED) is 0.608. The van der Waals surface area contributed by atoms with Crippen LogP contribution >= 0.6 is 11.6 Å². The molecular weight excluding hydrogens is 262 g/mol. The van der Waals surface area contributed by atoms with Crippen LogP contribution in [-0.2, 0) is 0 Å². The number of carbonyl (C=O) groups excluding carboxylic acids is 1. The Morgan fingerprint density at radius 2 is 1.72 bits per heavy atom. The fourth-order valence-electron chi connectivity index (χ4n) is 1.70. The van der Waals surface area contributed by atoms with Crippen molar-refractivity contribution in [1.29, 1.82) is 0 Å². The van der Waals surface area contributed by atoms with E-state index in [4.69, 9.17) is 16.0 Å². The molecule has 5 heteroatoms. The van der Waals surface area contributed by atoms with E-state index < -0.39 is 17.4 Å². The summed E-state index contributed by atoms with van der Waals surface area (Å²) in [6.45, 7) is 3.31. The van der Waals surface area contributed by atoms with E-state index in [0.29, 0.717) is 17.1 Å². The Bertz CT molecular complexity index is 632. The fourth-order valence-corrected chi connectivity index (χ4v) is 1.93. The second kappa shape index (κ2) is 4.53.